The van der Waals surface area contributed by atoms with E-state index in [0.717, 1.165) is 11.1 Å². The van der Waals surface area contributed by atoms with Crippen LogP contribution in [0.2, 0.25) is 0 Å². The van der Waals surface area contributed by atoms with Crippen molar-refractivity contribution < 1.29 is 17.9 Å². The van der Waals surface area contributed by atoms with Crippen LogP contribution in [0, 0.1) is 13.8 Å². The van der Waals surface area contributed by atoms with Gasteiger partial charge >= 0.3 is 0 Å². The summed E-state index contributed by atoms with van der Waals surface area (Å²) in [4.78, 5) is 12.0. The van der Waals surface area contributed by atoms with Gasteiger partial charge in [-0.15, -0.1) is 0 Å². The predicted octanol–water partition coefficient (Wildman–Crippen LogP) is 2.23. The lowest BCUT2D eigenvalue weighted by Gasteiger charge is -2.09. The van der Waals surface area contributed by atoms with Crippen LogP contribution in [0.3, 0.4) is 0 Å². The smallest absolute Gasteiger partial charge is 0.262 e. The number of aryl methyl sites for hydroxylation is 2. The number of ether oxygens (including phenoxy) is 1. The van der Waals surface area contributed by atoms with E-state index in [1.54, 1.807) is 0 Å². The third kappa shape index (κ3) is 4.56. The molecule has 24 heavy (non-hydrogen) atoms. The maximum atomic E-state index is 11.9. The topological polar surface area (TPSA) is 84.5 Å². The Labute approximate surface area is 141 Å². The zero-order valence-corrected chi connectivity index (χ0v) is 14.6. The van der Waals surface area contributed by atoms with Gasteiger partial charge in [0.2, 0.25) is 10.0 Å². The van der Waals surface area contributed by atoms with Crippen molar-refractivity contribution in [2.75, 3.05) is 19.0 Å². The van der Waals surface area contributed by atoms with Crippen LogP contribution in [-0.4, -0.2) is 28.0 Å². The third-order valence-corrected chi connectivity index (χ3v) is 5.00. The molecule has 2 aromatic carbocycles. The van der Waals surface area contributed by atoms with Crippen molar-refractivity contribution in [1.29, 1.82) is 0 Å². The SMILES string of the molecule is CNS(=O)(=O)c1ccc(NC(=O)COc2ccc(C)c(C)c2)cc1. The molecule has 2 aromatic rings. The van der Waals surface area contributed by atoms with Crippen molar-refractivity contribution in [3.05, 3.63) is 53.6 Å². The number of anilines is 1. The Hall–Kier alpha value is -2.38. The molecule has 0 aliphatic carbocycles. The van der Waals surface area contributed by atoms with Gasteiger partial charge in [-0.1, -0.05) is 6.07 Å². The van der Waals surface area contributed by atoms with Crippen LogP contribution >= 0.6 is 0 Å². The Kier molecular flexibility index (Phi) is 5.58. The second kappa shape index (κ2) is 7.46. The molecule has 0 aliphatic rings. The van der Waals surface area contributed by atoms with Crippen molar-refractivity contribution in [3.8, 4) is 5.75 Å². The minimum Gasteiger partial charge on any atom is -0.484 e. The van der Waals surface area contributed by atoms with Gasteiger partial charge in [0.25, 0.3) is 5.91 Å². The second-order valence-corrected chi connectivity index (χ2v) is 7.20. The fraction of sp³-hybridized carbons (Fsp3) is 0.235. The number of benzene rings is 2. The van der Waals surface area contributed by atoms with Crippen LogP contribution in [0.15, 0.2) is 47.4 Å². The monoisotopic (exact) mass is 348 g/mol. The average molecular weight is 348 g/mol. The highest BCUT2D eigenvalue weighted by Gasteiger charge is 2.11. The van der Waals surface area contributed by atoms with Crippen molar-refractivity contribution in [1.82, 2.24) is 4.72 Å². The number of rotatable bonds is 6. The molecular formula is C17H20N2O4S. The third-order valence-electron chi connectivity index (χ3n) is 3.57. The zero-order chi connectivity index (χ0) is 17.7. The van der Waals surface area contributed by atoms with Gasteiger partial charge in [0.05, 0.1) is 4.90 Å². The van der Waals surface area contributed by atoms with Gasteiger partial charge in [0, 0.05) is 5.69 Å². The Bertz CT molecular complexity index is 830. The number of hydrogen-bond acceptors (Lipinski definition) is 4. The number of nitrogens with one attached hydrogen (secondary N) is 2. The molecule has 1 amide bonds. The fourth-order valence-corrected chi connectivity index (χ4v) is 2.72. The Morgan fingerprint density at radius 3 is 2.29 bits per heavy atom. The molecule has 2 N–H and O–H groups in total. The molecule has 0 atom stereocenters. The van der Waals surface area contributed by atoms with Gasteiger partial charge in [-0.3, -0.25) is 4.79 Å². The van der Waals surface area contributed by atoms with Crippen LogP contribution in [0.5, 0.6) is 5.75 Å². The molecule has 2 rings (SSSR count). The van der Waals surface area contributed by atoms with Crippen LogP contribution in [0.1, 0.15) is 11.1 Å². The second-order valence-electron chi connectivity index (χ2n) is 5.31. The van der Waals surface area contributed by atoms with Crippen molar-refractivity contribution in [3.63, 3.8) is 0 Å². The molecule has 0 heterocycles. The Morgan fingerprint density at radius 1 is 1.04 bits per heavy atom. The first kappa shape index (κ1) is 18.0. The number of hydrogen-bond donors (Lipinski definition) is 2. The van der Waals surface area contributed by atoms with Crippen LogP contribution in [-0.2, 0) is 14.8 Å². The normalized spacial score (nSPS) is 11.1. The van der Waals surface area contributed by atoms with Gasteiger partial charge in [0.15, 0.2) is 6.61 Å². The van der Waals surface area contributed by atoms with Gasteiger partial charge in [-0.25, -0.2) is 13.1 Å². The molecule has 0 saturated carbocycles. The molecule has 6 nitrogen and oxygen atoms in total. The molecular weight excluding hydrogens is 328 g/mol. The summed E-state index contributed by atoms with van der Waals surface area (Å²) >= 11 is 0. The first-order valence-corrected chi connectivity index (χ1v) is 8.83. The fourth-order valence-electron chi connectivity index (χ4n) is 1.98. The first-order chi connectivity index (χ1) is 11.3. The van der Waals surface area contributed by atoms with Crippen LogP contribution in [0.4, 0.5) is 5.69 Å². The lowest BCUT2D eigenvalue weighted by Crippen LogP contribution is -2.21. The molecule has 7 heteroatoms. The summed E-state index contributed by atoms with van der Waals surface area (Å²) in [6.07, 6.45) is 0. The minimum absolute atomic E-state index is 0.126. The summed E-state index contributed by atoms with van der Waals surface area (Å²) in [7, 11) is -2.14. The summed E-state index contributed by atoms with van der Waals surface area (Å²) < 4.78 is 30.9. The van der Waals surface area contributed by atoms with E-state index < -0.39 is 10.0 Å². The van der Waals surface area contributed by atoms with Crippen LogP contribution < -0.4 is 14.8 Å². The highest BCUT2D eigenvalue weighted by atomic mass is 32.2. The quantitative estimate of drug-likeness (QED) is 0.838. The molecule has 0 radical (unpaired) electrons. The Balaban J connectivity index is 1.93. The van der Waals surface area contributed by atoms with E-state index in [1.807, 2.05) is 32.0 Å². The van der Waals surface area contributed by atoms with Gasteiger partial charge in [-0.2, -0.15) is 0 Å². The minimum atomic E-state index is -3.48. The summed E-state index contributed by atoms with van der Waals surface area (Å²) in [5.41, 5.74) is 2.75. The Morgan fingerprint density at radius 2 is 1.71 bits per heavy atom. The van der Waals surface area contributed by atoms with Crippen molar-refractivity contribution in [2.45, 2.75) is 18.7 Å². The van der Waals surface area contributed by atoms with Gasteiger partial charge in [0.1, 0.15) is 5.75 Å². The van der Waals surface area contributed by atoms with Crippen LogP contribution in [0.25, 0.3) is 0 Å². The number of carbonyl (C=O) groups is 1. The van der Waals surface area contributed by atoms with E-state index in [0.29, 0.717) is 11.4 Å². The molecule has 0 aromatic heterocycles. The van der Waals surface area contributed by atoms with Gasteiger partial charge < -0.3 is 10.1 Å². The maximum absolute atomic E-state index is 11.9. The molecule has 0 fully saturated rings. The van der Waals surface area contributed by atoms with E-state index in [9.17, 15) is 13.2 Å². The van der Waals surface area contributed by atoms with Gasteiger partial charge in [-0.05, 0) is 68.4 Å². The molecule has 0 saturated heterocycles. The number of sulfonamides is 1. The van der Waals surface area contributed by atoms with E-state index >= 15 is 0 Å². The zero-order valence-electron chi connectivity index (χ0n) is 13.8. The summed E-state index contributed by atoms with van der Waals surface area (Å²) in [6, 6.07) is 11.5. The van der Waals surface area contributed by atoms with Crippen molar-refractivity contribution in [2.24, 2.45) is 0 Å². The number of amides is 1. The van der Waals surface area contributed by atoms with Crippen molar-refractivity contribution >= 4 is 21.6 Å². The molecule has 0 spiro atoms. The molecule has 0 unspecified atom stereocenters. The maximum Gasteiger partial charge on any atom is 0.262 e. The molecule has 0 aliphatic heterocycles. The molecule has 0 bridgehead atoms. The summed E-state index contributed by atoms with van der Waals surface area (Å²) in [6.45, 7) is 3.85. The van der Waals surface area contributed by atoms with E-state index in [4.69, 9.17) is 4.74 Å². The number of carbonyl (C=O) groups excluding carboxylic acids is 1. The first-order valence-electron chi connectivity index (χ1n) is 7.35. The average Bonchev–Trinajstić information content (AvgIpc) is 2.56. The lowest BCUT2D eigenvalue weighted by molar-refractivity contribution is -0.118. The summed E-state index contributed by atoms with van der Waals surface area (Å²) in [5, 5.41) is 2.66. The highest BCUT2D eigenvalue weighted by Crippen LogP contribution is 2.17. The highest BCUT2D eigenvalue weighted by molar-refractivity contribution is 7.89. The van der Waals surface area contributed by atoms with E-state index in [-0.39, 0.29) is 17.4 Å². The van der Waals surface area contributed by atoms with E-state index in [1.165, 1.54) is 31.3 Å². The van der Waals surface area contributed by atoms with E-state index in [2.05, 4.69) is 10.0 Å². The predicted molar refractivity (Wildman–Crippen MR) is 92.7 cm³/mol. The molecule has 128 valence electrons. The standard InChI is InChI=1S/C17H20N2O4S/c1-12-4-7-15(10-13(12)2)23-11-17(20)19-14-5-8-16(9-6-14)24(21,22)18-3/h4-10,18H,11H2,1-3H3,(H,19,20). The largest absolute Gasteiger partial charge is 0.484 e. The lowest BCUT2D eigenvalue weighted by atomic mass is 10.1. The summed E-state index contributed by atoms with van der Waals surface area (Å²) in [5.74, 6) is 0.307.